The van der Waals surface area contributed by atoms with E-state index in [2.05, 4.69) is 20.5 Å². The summed E-state index contributed by atoms with van der Waals surface area (Å²) >= 11 is 0. The minimum absolute atomic E-state index is 0. The van der Waals surface area contributed by atoms with Crippen molar-refractivity contribution in [1.82, 2.24) is 0 Å². The first-order chi connectivity index (χ1) is 26.8. The van der Waals surface area contributed by atoms with E-state index in [1.54, 1.807) is 0 Å². The number of nitrogen functional groups attached to an aromatic ring is 2. The number of phenols is 4. The number of nitrogens with two attached hydrogens (primary N) is 2. The molecule has 0 spiro atoms. The van der Waals surface area contributed by atoms with Gasteiger partial charge < -0.3 is 50.1 Å². The van der Waals surface area contributed by atoms with E-state index in [-0.39, 0.29) is 73.1 Å². The zero-order valence-electron chi connectivity index (χ0n) is 32.8. The molecule has 8 N–H and O–H groups in total. The second kappa shape index (κ2) is 16.5. The van der Waals surface area contributed by atoms with Crippen molar-refractivity contribution in [2.75, 3.05) is 11.5 Å². The summed E-state index contributed by atoms with van der Waals surface area (Å²) in [6.07, 6.45) is 0. The fraction of sp³-hybridized carbons (Fsp3) is 0. The van der Waals surface area contributed by atoms with Gasteiger partial charge in [-0.25, -0.2) is 33.7 Å². The van der Waals surface area contributed by atoms with Crippen LogP contribution in [-0.4, -0.2) is 72.3 Å². The van der Waals surface area contributed by atoms with Crippen molar-refractivity contribution in [2.45, 2.75) is 19.6 Å². The van der Waals surface area contributed by atoms with E-state index < -0.39 is 117 Å². The Hall–Kier alpha value is -5.48. The first kappa shape index (κ1) is 47.2. The molecular formula is C32H24Cu2N6O16S4. The maximum Gasteiger partial charge on any atom is 1.00 e. The molecule has 0 aliphatic rings. The molecular weight excluding hydrogens is 980 g/mol. The Morgan fingerprint density at radius 1 is 0.467 bits per heavy atom. The Morgan fingerprint density at radius 2 is 0.800 bits per heavy atom. The molecule has 6 aromatic carbocycles. The Bertz CT molecular complexity index is 3120. The van der Waals surface area contributed by atoms with Gasteiger partial charge >= 0.3 is 5.71 Å². The Labute approximate surface area is 364 Å². The van der Waals surface area contributed by atoms with Crippen molar-refractivity contribution < 1.29 is 112 Å². The largest absolute Gasteiger partial charge is 1.00 e. The van der Waals surface area contributed by atoms with Gasteiger partial charge in [0.05, 0.1) is 19.6 Å². The van der Waals surface area contributed by atoms with Crippen molar-refractivity contribution in [3.63, 3.8) is 0 Å². The molecule has 0 unspecified atom stereocenters. The Balaban J connectivity index is 0.00000661. The molecule has 0 fully saturated rings. The minimum atomic E-state index is -5.44. The molecule has 0 atom stereocenters. The monoisotopic (exact) mass is 1000 g/mol. The quantitative estimate of drug-likeness (QED) is 0.0501. The van der Waals surface area contributed by atoms with Crippen molar-refractivity contribution in [3.8, 4) is 34.1 Å². The van der Waals surface area contributed by atoms with Gasteiger partial charge in [0.2, 0.25) is 0 Å². The summed E-state index contributed by atoms with van der Waals surface area (Å²) in [5.74, 6) is -3.27. The van der Waals surface area contributed by atoms with Crippen LogP contribution in [-0.2, 0) is 74.6 Å². The third-order valence-corrected chi connectivity index (χ3v) is 11.5. The van der Waals surface area contributed by atoms with E-state index >= 15 is 0 Å². The van der Waals surface area contributed by atoms with Crippen LogP contribution in [0.2, 0.25) is 0 Å². The maximum atomic E-state index is 12.1. The van der Waals surface area contributed by atoms with Crippen LogP contribution in [0.3, 0.4) is 0 Å². The van der Waals surface area contributed by atoms with Crippen LogP contribution in [0.4, 0.5) is 34.1 Å². The van der Waals surface area contributed by atoms with E-state index in [1.807, 2.05) is 0 Å². The zero-order chi connectivity index (χ0) is 42.9. The van der Waals surface area contributed by atoms with Crippen LogP contribution in [0.1, 0.15) is 5.71 Å². The third-order valence-electron chi connectivity index (χ3n) is 8.22. The van der Waals surface area contributed by atoms with Crippen molar-refractivity contribution in [2.24, 2.45) is 20.5 Å². The SMILES string of the molecule is Nc1cc(S(=O)(=O)[O-])cc2cc(S(=O)(=O)[O-])c(N=Nc3ccc(-c4ccc(N=Nc5c(S(=O)(=O)[O-])cc6cc(S(=O)(=O)[O-])cc(N)c6c5O)c(O)c4)cc3O)c(O)c12.[Cu].[Cu].[H+].[H+].[H+].[H+]. The fourth-order valence-electron chi connectivity index (χ4n) is 5.63. The smallest absolute Gasteiger partial charge is 0.744 e. The van der Waals surface area contributed by atoms with Crippen molar-refractivity contribution in [3.05, 3.63) is 72.8 Å². The van der Waals surface area contributed by atoms with E-state index in [0.717, 1.165) is 24.3 Å². The number of phenolic OH excluding ortho intramolecular Hbond substituents is 4. The third kappa shape index (κ3) is 9.29. The molecule has 0 bridgehead atoms. The van der Waals surface area contributed by atoms with Crippen molar-refractivity contribution >= 4 is 96.1 Å². The molecule has 28 heteroatoms. The fourth-order valence-corrected chi connectivity index (χ4v) is 8.00. The molecule has 6 aromatic rings. The normalized spacial score (nSPS) is 12.5. The van der Waals surface area contributed by atoms with Crippen LogP contribution >= 0.6 is 0 Å². The van der Waals surface area contributed by atoms with E-state index in [0.29, 0.717) is 36.4 Å². The predicted octanol–water partition coefficient (Wildman–Crippen LogP) is 4.54. The van der Waals surface area contributed by atoms with Gasteiger partial charge in [-0.1, -0.05) is 12.1 Å². The van der Waals surface area contributed by atoms with E-state index in [4.69, 9.17) is 11.5 Å². The predicted molar refractivity (Wildman–Crippen MR) is 200 cm³/mol. The van der Waals surface area contributed by atoms with Crippen LogP contribution in [0, 0.1) is 0 Å². The number of nitrogens with zero attached hydrogens (tertiary/aromatic N) is 4. The molecule has 0 amide bonds. The summed E-state index contributed by atoms with van der Waals surface area (Å²) in [7, 11) is -21.1. The van der Waals surface area contributed by atoms with Crippen molar-refractivity contribution in [1.29, 1.82) is 0 Å². The Morgan fingerprint density at radius 3 is 1.08 bits per heavy atom. The second-order valence-corrected chi connectivity index (χ2v) is 17.4. The number of hydrogen-bond donors (Lipinski definition) is 6. The molecule has 2 radical (unpaired) electrons. The number of benzene rings is 6. The molecule has 0 aliphatic carbocycles. The van der Waals surface area contributed by atoms with Gasteiger partial charge in [-0.15, -0.1) is 20.5 Å². The average molecular weight is 1000 g/mol. The molecule has 6 rings (SSSR count). The van der Waals surface area contributed by atoms with E-state index in [1.165, 1.54) is 12.1 Å². The minimum Gasteiger partial charge on any atom is -0.744 e. The summed E-state index contributed by atoms with van der Waals surface area (Å²) in [6.45, 7) is 0. The van der Waals surface area contributed by atoms with Crippen LogP contribution in [0.25, 0.3) is 32.7 Å². The summed E-state index contributed by atoms with van der Waals surface area (Å²) < 4.78 is 142. The van der Waals surface area contributed by atoms with Crippen LogP contribution in [0.5, 0.6) is 23.0 Å². The number of anilines is 2. The maximum absolute atomic E-state index is 12.1. The van der Waals surface area contributed by atoms with E-state index in [9.17, 15) is 72.3 Å². The Kier molecular flexibility index (Phi) is 13.0. The molecule has 0 aromatic heterocycles. The zero-order valence-corrected chi connectivity index (χ0v) is 33.9. The molecule has 0 aliphatic heterocycles. The average Bonchev–Trinajstić information content (AvgIpc) is 3.09. The molecule has 324 valence electrons. The van der Waals surface area contributed by atoms with Gasteiger partial charge in [-0.3, -0.25) is 0 Å². The van der Waals surface area contributed by atoms with Crippen LogP contribution in [0.15, 0.2) is 113 Å². The number of hydrogen-bond acceptors (Lipinski definition) is 22. The number of azo groups is 2. The second-order valence-electron chi connectivity index (χ2n) is 12.0. The summed E-state index contributed by atoms with van der Waals surface area (Å²) in [5, 5.41) is 56.2. The van der Waals surface area contributed by atoms with Gasteiger partial charge in [0.15, 0.2) is 11.5 Å². The number of aromatic hydroxyl groups is 4. The molecule has 22 nitrogen and oxygen atoms in total. The van der Waals surface area contributed by atoms with Gasteiger partial charge in [0.25, 0.3) is 0 Å². The topological polar surface area (TPSA) is 411 Å². The summed E-state index contributed by atoms with van der Waals surface area (Å²) in [6, 6.07) is 11.2. The summed E-state index contributed by atoms with van der Waals surface area (Å²) in [4.78, 5) is -4.11. The molecule has 0 saturated heterocycles. The molecule has 0 heterocycles. The van der Waals surface area contributed by atoms with Gasteiger partial charge in [0.1, 0.15) is 74.7 Å². The standard InChI is InChI=1S/C32H24N6O16S4.2Cu/c33-19-11-17(55(43,44)45)5-15-9-25(57(49,50)51)29(31(41)27(15)19)37-35-21-3-1-13(7-23(21)39)14-2-4-22(24(40)8-14)36-38-30-26(58(52,53)54)10-16-6-18(56(46,47)48)12-20(34)28(16)32(30)42;;/h1-12,39-42H,33-34H2,(H,43,44,45)(H,46,47,48)(H,49,50,51)(H,52,53,54);;. The number of rotatable bonds is 9. The molecule has 60 heavy (non-hydrogen) atoms. The molecule has 0 saturated carbocycles. The summed E-state index contributed by atoms with van der Waals surface area (Å²) in [5.41, 5.74) is 8.47. The van der Waals surface area contributed by atoms with Gasteiger partial charge in [0, 0.05) is 56.3 Å². The van der Waals surface area contributed by atoms with Gasteiger partial charge in [-0.2, -0.15) is 0 Å². The van der Waals surface area contributed by atoms with Crippen LogP contribution < -0.4 is 11.5 Å². The first-order valence-corrected chi connectivity index (χ1v) is 20.9. The first-order valence-electron chi connectivity index (χ1n) is 15.3. The number of fused-ring (bicyclic) bond motifs is 2. The van der Waals surface area contributed by atoms with Gasteiger partial charge in [-0.05, 0) is 82.6 Å².